The van der Waals surface area contributed by atoms with Crippen molar-refractivity contribution in [3.63, 3.8) is 0 Å². The summed E-state index contributed by atoms with van der Waals surface area (Å²) in [5, 5.41) is 11.8. The molecule has 3 rings (SSSR count). The van der Waals surface area contributed by atoms with Crippen molar-refractivity contribution >= 4 is 17.5 Å². The summed E-state index contributed by atoms with van der Waals surface area (Å²) in [5.41, 5.74) is 1.96. The van der Waals surface area contributed by atoms with E-state index in [1.165, 1.54) is 18.2 Å². The highest BCUT2D eigenvalue weighted by atomic mass is 19.1. The highest BCUT2D eigenvalue weighted by molar-refractivity contribution is 6.01. The number of amides is 2. The average molecular weight is 297 g/mol. The summed E-state index contributed by atoms with van der Waals surface area (Å²) in [7, 11) is 0. The Kier molecular flexibility index (Phi) is 3.78. The average Bonchev–Trinajstić information content (AvgIpc) is 2.96. The van der Waals surface area contributed by atoms with Crippen LogP contribution in [0.3, 0.4) is 0 Å². The third-order valence-electron chi connectivity index (χ3n) is 2.95. The summed E-state index contributed by atoms with van der Waals surface area (Å²) >= 11 is 0. The van der Waals surface area contributed by atoms with Crippen molar-refractivity contribution in [2.45, 2.75) is 0 Å². The highest BCUT2D eigenvalue weighted by Gasteiger charge is 2.11. The SMILES string of the molecule is O=C(Nc1cccc(F)c1)Nc1[nH]ncc1-c1ccncc1. The second kappa shape index (κ2) is 6.04. The number of halogens is 1. The van der Waals surface area contributed by atoms with Crippen LogP contribution in [0.1, 0.15) is 0 Å². The maximum atomic E-state index is 13.1. The molecule has 1 aromatic carbocycles. The van der Waals surface area contributed by atoms with Crippen molar-refractivity contribution in [3.05, 3.63) is 60.8 Å². The number of benzene rings is 1. The molecule has 0 radical (unpaired) electrons. The molecule has 6 nitrogen and oxygen atoms in total. The predicted octanol–water partition coefficient (Wildman–Crippen LogP) is 3.25. The van der Waals surface area contributed by atoms with Crippen LogP contribution in [-0.4, -0.2) is 21.2 Å². The summed E-state index contributed by atoms with van der Waals surface area (Å²) in [4.78, 5) is 15.9. The smallest absolute Gasteiger partial charge is 0.308 e. The quantitative estimate of drug-likeness (QED) is 0.694. The van der Waals surface area contributed by atoms with Crippen LogP contribution in [0.15, 0.2) is 55.0 Å². The molecule has 0 aliphatic heterocycles. The van der Waals surface area contributed by atoms with E-state index in [-0.39, 0.29) is 0 Å². The maximum absolute atomic E-state index is 13.1. The minimum Gasteiger partial charge on any atom is -0.308 e. The molecule has 7 heteroatoms. The van der Waals surface area contributed by atoms with Gasteiger partial charge < -0.3 is 5.32 Å². The molecule has 0 aliphatic carbocycles. The van der Waals surface area contributed by atoms with Crippen LogP contribution < -0.4 is 10.6 Å². The lowest BCUT2D eigenvalue weighted by molar-refractivity contribution is 0.262. The van der Waals surface area contributed by atoms with Gasteiger partial charge in [0.05, 0.1) is 6.20 Å². The van der Waals surface area contributed by atoms with E-state index >= 15 is 0 Å². The number of rotatable bonds is 3. The van der Waals surface area contributed by atoms with Gasteiger partial charge in [0.25, 0.3) is 0 Å². The topological polar surface area (TPSA) is 82.7 Å². The first-order valence-corrected chi connectivity index (χ1v) is 6.50. The number of hydrogen-bond donors (Lipinski definition) is 3. The molecule has 2 aromatic heterocycles. The Labute approximate surface area is 125 Å². The van der Waals surface area contributed by atoms with E-state index in [1.807, 2.05) is 0 Å². The normalized spacial score (nSPS) is 10.2. The van der Waals surface area contributed by atoms with E-state index < -0.39 is 11.8 Å². The number of carbonyl (C=O) groups is 1. The van der Waals surface area contributed by atoms with Gasteiger partial charge in [0.15, 0.2) is 0 Å². The van der Waals surface area contributed by atoms with Gasteiger partial charge in [0, 0.05) is 23.6 Å². The molecule has 0 saturated heterocycles. The van der Waals surface area contributed by atoms with Crippen LogP contribution >= 0.6 is 0 Å². The van der Waals surface area contributed by atoms with Gasteiger partial charge >= 0.3 is 6.03 Å². The van der Waals surface area contributed by atoms with Gasteiger partial charge in [0.2, 0.25) is 0 Å². The van der Waals surface area contributed by atoms with E-state index in [2.05, 4.69) is 25.8 Å². The lowest BCUT2D eigenvalue weighted by atomic mass is 10.1. The minimum absolute atomic E-state index is 0.363. The summed E-state index contributed by atoms with van der Waals surface area (Å²) in [6.45, 7) is 0. The Bertz CT molecular complexity index is 787. The van der Waals surface area contributed by atoms with Gasteiger partial charge in [-0.25, -0.2) is 9.18 Å². The fraction of sp³-hybridized carbons (Fsp3) is 0. The number of nitrogens with zero attached hydrogens (tertiary/aromatic N) is 2. The fourth-order valence-electron chi connectivity index (χ4n) is 1.97. The summed E-state index contributed by atoms with van der Waals surface area (Å²) in [5.74, 6) is 0.0249. The van der Waals surface area contributed by atoms with Gasteiger partial charge in [0.1, 0.15) is 11.6 Å². The zero-order chi connectivity index (χ0) is 15.4. The van der Waals surface area contributed by atoms with E-state index in [0.717, 1.165) is 11.1 Å². The Morgan fingerprint density at radius 2 is 1.95 bits per heavy atom. The van der Waals surface area contributed by atoms with E-state index in [1.54, 1.807) is 36.8 Å². The van der Waals surface area contributed by atoms with Crippen molar-refractivity contribution in [1.29, 1.82) is 0 Å². The molecular formula is C15H12FN5O. The third kappa shape index (κ3) is 3.09. The number of H-pyrrole nitrogens is 1. The number of nitrogens with one attached hydrogen (secondary N) is 3. The number of anilines is 2. The zero-order valence-corrected chi connectivity index (χ0v) is 11.4. The lowest BCUT2D eigenvalue weighted by Crippen LogP contribution is -2.20. The van der Waals surface area contributed by atoms with Crippen LogP contribution in [-0.2, 0) is 0 Å². The third-order valence-corrected chi connectivity index (χ3v) is 2.95. The molecule has 110 valence electrons. The van der Waals surface area contributed by atoms with Gasteiger partial charge in [-0.15, -0.1) is 0 Å². The molecule has 0 aliphatic rings. The molecule has 0 atom stereocenters. The molecule has 2 amide bonds. The molecule has 3 aromatic rings. The molecule has 0 bridgehead atoms. The predicted molar refractivity (Wildman–Crippen MR) is 80.9 cm³/mol. The first-order chi connectivity index (χ1) is 10.7. The largest absolute Gasteiger partial charge is 0.324 e. The van der Waals surface area contributed by atoms with Crippen LogP contribution in [0.5, 0.6) is 0 Å². The van der Waals surface area contributed by atoms with Crippen molar-refractivity contribution in [1.82, 2.24) is 15.2 Å². The Morgan fingerprint density at radius 1 is 1.14 bits per heavy atom. The minimum atomic E-state index is -0.495. The fourth-order valence-corrected chi connectivity index (χ4v) is 1.97. The van der Waals surface area contributed by atoms with Crippen molar-refractivity contribution < 1.29 is 9.18 Å². The van der Waals surface area contributed by atoms with Crippen LogP contribution in [0.4, 0.5) is 20.7 Å². The lowest BCUT2D eigenvalue weighted by Gasteiger charge is -2.08. The number of carbonyl (C=O) groups excluding carboxylic acids is 1. The number of aromatic amines is 1. The number of aromatic nitrogens is 3. The van der Waals surface area contributed by atoms with Crippen molar-refractivity contribution in [2.75, 3.05) is 10.6 Å². The Balaban J connectivity index is 1.74. The molecular weight excluding hydrogens is 285 g/mol. The maximum Gasteiger partial charge on any atom is 0.324 e. The van der Waals surface area contributed by atoms with Gasteiger partial charge in [-0.1, -0.05) is 6.07 Å². The monoisotopic (exact) mass is 297 g/mol. The molecule has 3 N–H and O–H groups in total. The van der Waals surface area contributed by atoms with Gasteiger partial charge in [-0.2, -0.15) is 5.10 Å². The molecule has 2 heterocycles. The first kappa shape index (κ1) is 13.7. The second-order valence-corrected chi connectivity index (χ2v) is 4.48. The van der Waals surface area contributed by atoms with E-state index in [4.69, 9.17) is 0 Å². The standard InChI is InChI=1S/C15H12FN5O/c16-11-2-1-3-12(8-11)19-15(22)20-14-13(9-18-21-14)10-4-6-17-7-5-10/h1-9H,(H3,18,19,20,21,22). The van der Waals surface area contributed by atoms with Crippen molar-refractivity contribution in [3.8, 4) is 11.1 Å². The van der Waals surface area contributed by atoms with Gasteiger partial charge in [-0.05, 0) is 35.9 Å². The van der Waals surface area contributed by atoms with E-state index in [9.17, 15) is 9.18 Å². The van der Waals surface area contributed by atoms with Gasteiger partial charge in [-0.3, -0.25) is 15.4 Å². The van der Waals surface area contributed by atoms with Crippen LogP contribution in [0.2, 0.25) is 0 Å². The summed E-state index contributed by atoms with van der Waals surface area (Å²) in [6.07, 6.45) is 4.91. The van der Waals surface area contributed by atoms with E-state index in [0.29, 0.717) is 11.5 Å². The Hall–Kier alpha value is -3.22. The second-order valence-electron chi connectivity index (χ2n) is 4.48. The number of pyridine rings is 1. The molecule has 0 fully saturated rings. The summed E-state index contributed by atoms with van der Waals surface area (Å²) < 4.78 is 13.1. The number of urea groups is 1. The molecule has 0 spiro atoms. The molecule has 0 unspecified atom stereocenters. The molecule has 22 heavy (non-hydrogen) atoms. The number of hydrogen-bond acceptors (Lipinski definition) is 3. The zero-order valence-electron chi connectivity index (χ0n) is 11.4. The van der Waals surface area contributed by atoms with Crippen molar-refractivity contribution in [2.24, 2.45) is 0 Å². The van der Waals surface area contributed by atoms with Crippen LogP contribution in [0.25, 0.3) is 11.1 Å². The first-order valence-electron chi connectivity index (χ1n) is 6.50. The molecule has 0 saturated carbocycles. The Morgan fingerprint density at radius 3 is 2.73 bits per heavy atom. The van der Waals surface area contributed by atoms with Crippen LogP contribution in [0, 0.1) is 5.82 Å². The highest BCUT2D eigenvalue weighted by Crippen LogP contribution is 2.25. The summed E-state index contributed by atoms with van der Waals surface area (Å²) in [6, 6.07) is 8.77.